The maximum Gasteiger partial charge on any atom is 0.389 e. The summed E-state index contributed by atoms with van der Waals surface area (Å²) in [4.78, 5) is 0. The van der Waals surface area contributed by atoms with E-state index in [2.05, 4.69) is 12.2 Å². The molecule has 1 rings (SSSR count). The smallest absolute Gasteiger partial charge is 0.374 e. The van der Waals surface area contributed by atoms with E-state index >= 15 is 0 Å². The van der Waals surface area contributed by atoms with Crippen LogP contribution in [-0.4, -0.2) is 32.0 Å². The maximum atomic E-state index is 12.1. The maximum absolute atomic E-state index is 12.1. The molecule has 1 N–H and O–H groups in total. The van der Waals surface area contributed by atoms with Gasteiger partial charge in [0, 0.05) is 19.6 Å². The number of hydrogen-bond acceptors (Lipinski definition) is 2. The van der Waals surface area contributed by atoms with E-state index in [0.29, 0.717) is 0 Å². The number of ether oxygens (including phenoxy) is 1. The highest BCUT2D eigenvalue weighted by molar-refractivity contribution is 4.88. The Bertz CT molecular complexity index is 248. The lowest BCUT2D eigenvalue weighted by molar-refractivity contribution is -0.144. The lowest BCUT2D eigenvalue weighted by atomic mass is 9.77. The first kappa shape index (κ1) is 16.8. The fraction of sp³-hybridized carbons (Fsp3) is 1.00. The molecule has 0 aliphatic heterocycles. The Morgan fingerprint density at radius 1 is 1.26 bits per heavy atom. The van der Waals surface area contributed by atoms with Crippen LogP contribution < -0.4 is 5.32 Å². The summed E-state index contributed by atoms with van der Waals surface area (Å²) in [5, 5.41) is 3.12. The summed E-state index contributed by atoms with van der Waals surface area (Å²) < 4.78 is 42.1. The largest absolute Gasteiger partial charge is 0.389 e. The van der Waals surface area contributed by atoms with Crippen LogP contribution in [0.1, 0.15) is 51.9 Å². The van der Waals surface area contributed by atoms with Gasteiger partial charge in [0.1, 0.15) is 0 Å². The number of rotatable bonds is 7. The first-order valence-electron chi connectivity index (χ1n) is 7.26. The number of likely N-dealkylation sites (N-methyl/N-ethyl adjacent to an activating group) is 1. The van der Waals surface area contributed by atoms with Crippen LogP contribution in [0.4, 0.5) is 13.2 Å². The third-order valence-corrected chi connectivity index (χ3v) is 4.11. The molecule has 19 heavy (non-hydrogen) atoms. The van der Waals surface area contributed by atoms with Gasteiger partial charge in [-0.1, -0.05) is 13.3 Å². The minimum atomic E-state index is -4.07. The Labute approximate surface area is 114 Å². The van der Waals surface area contributed by atoms with Crippen molar-refractivity contribution in [1.82, 2.24) is 5.32 Å². The van der Waals surface area contributed by atoms with Crippen molar-refractivity contribution in [2.75, 3.05) is 20.2 Å². The summed E-state index contributed by atoms with van der Waals surface area (Å²) in [7, 11) is 1.87. The van der Waals surface area contributed by atoms with Gasteiger partial charge in [0.2, 0.25) is 0 Å². The molecule has 5 heteroatoms. The zero-order valence-corrected chi connectivity index (χ0v) is 12.0. The predicted molar refractivity (Wildman–Crippen MR) is 70.1 cm³/mol. The van der Waals surface area contributed by atoms with Gasteiger partial charge in [0.25, 0.3) is 0 Å². The third kappa shape index (κ3) is 6.13. The van der Waals surface area contributed by atoms with Gasteiger partial charge >= 0.3 is 6.18 Å². The minimum Gasteiger partial charge on any atom is -0.374 e. The van der Waals surface area contributed by atoms with E-state index in [1.807, 2.05) is 7.05 Å². The topological polar surface area (TPSA) is 21.3 Å². The molecular formula is C14H26F3NO. The molecule has 0 aromatic carbocycles. The van der Waals surface area contributed by atoms with Crippen LogP contribution in [0.2, 0.25) is 0 Å². The molecule has 0 bridgehead atoms. The van der Waals surface area contributed by atoms with Crippen molar-refractivity contribution in [3.8, 4) is 0 Å². The summed E-state index contributed by atoms with van der Waals surface area (Å²) in [5.41, 5.74) is -0.244. The lowest BCUT2D eigenvalue weighted by Crippen LogP contribution is -2.45. The normalized spacial score (nSPS) is 28.6. The Kier molecular flexibility index (Phi) is 6.60. The number of hydrogen-bond donors (Lipinski definition) is 1. The molecule has 0 saturated heterocycles. The molecule has 0 unspecified atom stereocenters. The molecule has 114 valence electrons. The molecule has 0 aromatic heterocycles. The fourth-order valence-corrected chi connectivity index (χ4v) is 2.87. The molecule has 0 atom stereocenters. The van der Waals surface area contributed by atoms with Gasteiger partial charge in [-0.15, -0.1) is 0 Å². The summed E-state index contributed by atoms with van der Waals surface area (Å²) in [6, 6.07) is 0. The monoisotopic (exact) mass is 281 g/mol. The second-order valence-corrected chi connectivity index (χ2v) is 5.63. The highest BCUT2D eigenvalue weighted by Crippen LogP contribution is 2.36. The number of halogens is 3. The summed E-state index contributed by atoms with van der Waals surface area (Å²) in [6.45, 7) is 3.13. The van der Waals surface area contributed by atoms with Crippen molar-refractivity contribution in [3.63, 3.8) is 0 Å². The molecule has 0 aromatic rings. The molecule has 0 spiro atoms. The quantitative estimate of drug-likeness (QED) is 0.714. The minimum absolute atomic E-state index is 0.0617. The number of alkyl halides is 3. The van der Waals surface area contributed by atoms with Crippen molar-refractivity contribution in [3.05, 3.63) is 0 Å². The Hall–Kier alpha value is -0.290. The van der Waals surface area contributed by atoms with Crippen LogP contribution in [0, 0.1) is 5.92 Å². The van der Waals surface area contributed by atoms with Crippen molar-refractivity contribution in [1.29, 1.82) is 0 Å². The lowest BCUT2D eigenvalue weighted by Gasteiger charge is -2.40. The van der Waals surface area contributed by atoms with Crippen molar-refractivity contribution in [2.45, 2.75) is 63.6 Å². The predicted octanol–water partition coefficient (Wildman–Crippen LogP) is 3.90. The molecule has 1 fully saturated rings. The molecule has 0 amide bonds. The molecule has 1 saturated carbocycles. The molecular weight excluding hydrogens is 255 g/mol. The van der Waals surface area contributed by atoms with Crippen LogP contribution >= 0.6 is 0 Å². The Morgan fingerprint density at radius 3 is 2.37 bits per heavy atom. The molecule has 1 aliphatic carbocycles. The van der Waals surface area contributed by atoms with Crippen molar-refractivity contribution >= 4 is 0 Å². The van der Waals surface area contributed by atoms with E-state index < -0.39 is 12.6 Å². The van der Waals surface area contributed by atoms with Crippen LogP contribution in [0.5, 0.6) is 0 Å². The van der Waals surface area contributed by atoms with Crippen molar-refractivity contribution in [2.24, 2.45) is 5.92 Å². The Balaban J connectivity index is 2.36. The van der Waals surface area contributed by atoms with Crippen LogP contribution in [0.15, 0.2) is 0 Å². The average molecular weight is 281 g/mol. The molecule has 0 heterocycles. The van der Waals surface area contributed by atoms with Gasteiger partial charge in [-0.05, 0) is 45.1 Å². The van der Waals surface area contributed by atoms with Crippen LogP contribution in [0.3, 0.4) is 0 Å². The first-order chi connectivity index (χ1) is 8.91. The molecule has 2 nitrogen and oxygen atoms in total. The zero-order chi connectivity index (χ0) is 14.4. The van der Waals surface area contributed by atoms with E-state index in [4.69, 9.17) is 4.74 Å². The Morgan fingerprint density at radius 2 is 1.89 bits per heavy atom. The average Bonchev–Trinajstić information content (AvgIpc) is 2.35. The van der Waals surface area contributed by atoms with Gasteiger partial charge in [0.15, 0.2) is 0 Å². The van der Waals surface area contributed by atoms with Gasteiger partial charge in [-0.3, -0.25) is 0 Å². The van der Waals surface area contributed by atoms with Crippen molar-refractivity contribution < 1.29 is 17.9 Å². The summed E-state index contributed by atoms with van der Waals surface area (Å²) >= 11 is 0. The van der Waals surface area contributed by atoms with Crippen LogP contribution in [0.25, 0.3) is 0 Å². The SMILES string of the molecule is CCC1CCC(CNC)(OCCCC(F)(F)F)CC1. The molecule has 0 radical (unpaired) electrons. The first-order valence-corrected chi connectivity index (χ1v) is 7.26. The fourth-order valence-electron chi connectivity index (χ4n) is 2.87. The summed E-state index contributed by atoms with van der Waals surface area (Å²) in [6.07, 6.45) is 0.584. The van der Waals surface area contributed by atoms with Gasteiger partial charge in [0.05, 0.1) is 5.60 Å². The van der Waals surface area contributed by atoms with Gasteiger partial charge in [-0.25, -0.2) is 0 Å². The second-order valence-electron chi connectivity index (χ2n) is 5.63. The van der Waals surface area contributed by atoms with E-state index in [-0.39, 0.29) is 18.6 Å². The highest BCUT2D eigenvalue weighted by Gasteiger charge is 2.35. The molecule has 1 aliphatic rings. The van der Waals surface area contributed by atoms with E-state index in [9.17, 15) is 13.2 Å². The van der Waals surface area contributed by atoms with Gasteiger partial charge in [-0.2, -0.15) is 13.2 Å². The van der Waals surface area contributed by atoms with Crippen LogP contribution in [-0.2, 0) is 4.74 Å². The van der Waals surface area contributed by atoms with E-state index in [1.165, 1.54) is 6.42 Å². The highest BCUT2D eigenvalue weighted by atomic mass is 19.4. The van der Waals surface area contributed by atoms with E-state index in [0.717, 1.165) is 38.1 Å². The zero-order valence-electron chi connectivity index (χ0n) is 12.0. The number of nitrogens with one attached hydrogen (secondary N) is 1. The third-order valence-electron chi connectivity index (χ3n) is 4.11. The van der Waals surface area contributed by atoms with Gasteiger partial charge < -0.3 is 10.1 Å². The summed E-state index contributed by atoms with van der Waals surface area (Å²) in [5.74, 6) is 0.753. The van der Waals surface area contributed by atoms with E-state index in [1.54, 1.807) is 0 Å². The second kappa shape index (κ2) is 7.48. The standard InChI is InChI=1S/C14H26F3NO/c1-3-12-5-8-13(9-6-12,11-18-2)19-10-4-7-14(15,16)17/h12,18H,3-11H2,1-2H3.